The Bertz CT molecular complexity index is 938. The van der Waals surface area contributed by atoms with E-state index in [0.29, 0.717) is 49.7 Å². The van der Waals surface area contributed by atoms with Crippen molar-refractivity contribution in [2.24, 2.45) is 5.92 Å². The standard InChI is InChI=1S/C22H25F2N3O3/c1-22(23,24)8-4-17-13-25-19(16-2-3-18-15(12-16)7-11-30-18)20(26-17)27-9-5-14(6-10-27)21(28)29/h2-3,12-14H,4-11H2,1H3,(H,28,29). The molecule has 4 rings (SSSR count). The Morgan fingerprint density at radius 1 is 1.33 bits per heavy atom. The van der Waals surface area contributed by atoms with E-state index in [4.69, 9.17) is 9.72 Å². The predicted molar refractivity (Wildman–Crippen MR) is 108 cm³/mol. The van der Waals surface area contributed by atoms with Crippen LogP contribution < -0.4 is 9.64 Å². The monoisotopic (exact) mass is 417 g/mol. The molecule has 0 unspecified atom stereocenters. The van der Waals surface area contributed by atoms with Crippen LogP contribution in [0.1, 0.15) is 37.4 Å². The molecule has 0 saturated carbocycles. The summed E-state index contributed by atoms with van der Waals surface area (Å²) in [5, 5.41) is 9.28. The second kappa shape index (κ2) is 8.16. The molecule has 1 N–H and O–H groups in total. The van der Waals surface area contributed by atoms with Crippen molar-refractivity contribution in [1.82, 2.24) is 9.97 Å². The zero-order valence-electron chi connectivity index (χ0n) is 16.9. The lowest BCUT2D eigenvalue weighted by atomic mass is 9.96. The van der Waals surface area contributed by atoms with Gasteiger partial charge in [0.25, 0.3) is 0 Å². The number of halogens is 2. The topological polar surface area (TPSA) is 75.5 Å². The average Bonchev–Trinajstić information content (AvgIpc) is 3.19. The Morgan fingerprint density at radius 3 is 2.80 bits per heavy atom. The summed E-state index contributed by atoms with van der Waals surface area (Å²) in [7, 11) is 0. The summed E-state index contributed by atoms with van der Waals surface area (Å²) in [5.41, 5.74) is 3.21. The molecule has 0 spiro atoms. The molecule has 3 heterocycles. The third-order valence-electron chi connectivity index (χ3n) is 5.73. The van der Waals surface area contributed by atoms with Crippen molar-refractivity contribution in [2.75, 3.05) is 24.6 Å². The number of rotatable bonds is 6. The molecule has 0 radical (unpaired) electrons. The lowest BCUT2D eigenvalue weighted by Crippen LogP contribution is -2.37. The SMILES string of the molecule is CC(F)(F)CCc1cnc(-c2ccc3c(c2)CCO3)c(N2CCC(C(=O)O)CC2)n1. The van der Waals surface area contributed by atoms with Crippen molar-refractivity contribution in [2.45, 2.75) is 45.0 Å². The maximum atomic E-state index is 13.3. The minimum atomic E-state index is -2.76. The summed E-state index contributed by atoms with van der Waals surface area (Å²) in [5.74, 6) is -2.40. The van der Waals surface area contributed by atoms with Crippen LogP contribution in [0.4, 0.5) is 14.6 Å². The molecule has 2 aromatic rings. The fraction of sp³-hybridized carbons (Fsp3) is 0.500. The van der Waals surface area contributed by atoms with E-state index >= 15 is 0 Å². The van der Waals surface area contributed by atoms with Crippen molar-refractivity contribution in [1.29, 1.82) is 0 Å². The molecule has 2 aliphatic rings. The van der Waals surface area contributed by atoms with E-state index < -0.39 is 11.9 Å². The van der Waals surface area contributed by atoms with Gasteiger partial charge in [-0.1, -0.05) is 0 Å². The molecule has 160 valence electrons. The van der Waals surface area contributed by atoms with Crippen molar-refractivity contribution in [3.8, 4) is 17.0 Å². The van der Waals surface area contributed by atoms with Crippen molar-refractivity contribution in [3.63, 3.8) is 0 Å². The Kier molecular flexibility index (Phi) is 5.58. The highest BCUT2D eigenvalue weighted by atomic mass is 19.3. The molecule has 1 aromatic heterocycles. The summed E-state index contributed by atoms with van der Waals surface area (Å²) < 4.78 is 32.2. The molecule has 6 nitrogen and oxygen atoms in total. The van der Waals surface area contributed by atoms with Crippen LogP contribution in [-0.2, 0) is 17.6 Å². The number of aromatic nitrogens is 2. The van der Waals surface area contributed by atoms with Gasteiger partial charge in [0.2, 0.25) is 5.92 Å². The zero-order valence-corrected chi connectivity index (χ0v) is 16.9. The van der Waals surface area contributed by atoms with Gasteiger partial charge in [0.15, 0.2) is 5.82 Å². The first-order valence-corrected chi connectivity index (χ1v) is 10.3. The maximum Gasteiger partial charge on any atom is 0.306 e. The van der Waals surface area contributed by atoms with E-state index in [0.717, 1.165) is 30.2 Å². The highest BCUT2D eigenvalue weighted by Crippen LogP contribution is 2.35. The van der Waals surface area contributed by atoms with Gasteiger partial charge in [-0.25, -0.2) is 13.8 Å². The Labute approximate surface area is 173 Å². The van der Waals surface area contributed by atoms with Crippen molar-refractivity contribution < 1.29 is 23.4 Å². The average molecular weight is 417 g/mol. The number of ether oxygens (including phenoxy) is 1. The molecule has 1 fully saturated rings. The summed E-state index contributed by atoms with van der Waals surface area (Å²) >= 11 is 0. The molecule has 2 aliphatic heterocycles. The second-order valence-corrected chi connectivity index (χ2v) is 8.12. The molecule has 30 heavy (non-hydrogen) atoms. The maximum absolute atomic E-state index is 13.3. The lowest BCUT2D eigenvalue weighted by Gasteiger charge is -2.32. The van der Waals surface area contributed by atoms with E-state index in [1.165, 1.54) is 0 Å². The van der Waals surface area contributed by atoms with Crippen LogP contribution >= 0.6 is 0 Å². The summed E-state index contributed by atoms with van der Waals surface area (Å²) in [6, 6.07) is 5.90. The Morgan fingerprint density at radius 2 is 2.10 bits per heavy atom. The number of benzene rings is 1. The van der Waals surface area contributed by atoms with Crippen LogP contribution in [0.2, 0.25) is 0 Å². The molecule has 0 atom stereocenters. The molecule has 1 saturated heterocycles. The highest BCUT2D eigenvalue weighted by molar-refractivity contribution is 5.75. The molecule has 0 bridgehead atoms. The second-order valence-electron chi connectivity index (χ2n) is 8.12. The van der Waals surface area contributed by atoms with Gasteiger partial charge >= 0.3 is 5.97 Å². The van der Waals surface area contributed by atoms with Gasteiger partial charge in [-0.3, -0.25) is 9.78 Å². The van der Waals surface area contributed by atoms with Crippen LogP contribution in [-0.4, -0.2) is 46.7 Å². The van der Waals surface area contributed by atoms with Crippen LogP contribution in [0.25, 0.3) is 11.3 Å². The summed E-state index contributed by atoms with van der Waals surface area (Å²) in [6.07, 6.45) is 3.28. The number of carboxylic acids is 1. The molecule has 0 amide bonds. The number of hydrogen-bond acceptors (Lipinski definition) is 5. The minimum absolute atomic E-state index is 0.132. The number of nitrogens with zero attached hydrogens (tertiary/aromatic N) is 3. The number of aliphatic carboxylic acids is 1. The van der Waals surface area contributed by atoms with Gasteiger partial charge in [0.05, 0.1) is 18.2 Å². The molecular weight excluding hydrogens is 392 g/mol. The number of alkyl halides is 2. The normalized spacial score (nSPS) is 17.0. The molecule has 8 heteroatoms. The van der Waals surface area contributed by atoms with Gasteiger partial charge in [0.1, 0.15) is 11.4 Å². The van der Waals surface area contributed by atoms with Gasteiger partial charge in [-0.05, 0) is 49.9 Å². The quantitative estimate of drug-likeness (QED) is 0.767. The van der Waals surface area contributed by atoms with Crippen molar-refractivity contribution in [3.05, 3.63) is 35.7 Å². The van der Waals surface area contributed by atoms with Gasteiger partial charge < -0.3 is 14.7 Å². The number of carbonyl (C=O) groups is 1. The first-order chi connectivity index (χ1) is 14.3. The van der Waals surface area contributed by atoms with Crippen LogP contribution in [0.3, 0.4) is 0 Å². The largest absolute Gasteiger partial charge is 0.493 e. The number of carboxylic acid groups (broad SMARTS) is 1. The number of aryl methyl sites for hydroxylation is 1. The fourth-order valence-electron chi connectivity index (χ4n) is 3.98. The number of anilines is 1. The molecule has 1 aromatic carbocycles. The lowest BCUT2D eigenvalue weighted by molar-refractivity contribution is -0.142. The van der Waals surface area contributed by atoms with Crippen molar-refractivity contribution >= 4 is 11.8 Å². The van der Waals surface area contributed by atoms with E-state index in [1.807, 2.05) is 23.1 Å². The van der Waals surface area contributed by atoms with E-state index in [9.17, 15) is 18.7 Å². The smallest absolute Gasteiger partial charge is 0.306 e. The fourth-order valence-corrected chi connectivity index (χ4v) is 3.98. The zero-order chi connectivity index (χ0) is 21.3. The van der Waals surface area contributed by atoms with Crippen LogP contribution in [0, 0.1) is 5.92 Å². The summed E-state index contributed by atoms with van der Waals surface area (Å²) in [6.45, 7) is 2.64. The molecular formula is C22H25F2N3O3. The first kappa shape index (κ1) is 20.5. The third kappa shape index (κ3) is 4.52. The van der Waals surface area contributed by atoms with Gasteiger partial charge in [0, 0.05) is 37.7 Å². The summed E-state index contributed by atoms with van der Waals surface area (Å²) in [4.78, 5) is 22.6. The predicted octanol–water partition coefficient (Wildman–Crippen LogP) is 3.97. The Hall–Kier alpha value is -2.77. The van der Waals surface area contributed by atoms with E-state index in [1.54, 1.807) is 6.20 Å². The van der Waals surface area contributed by atoms with E-state index in [-0.39, 0.29) is 18.8 Å². The minimum Gasteiger partial charge on any atom is -0.493 e. The third-order valence-corrected chi connectivity index (χ3v) is 5.73. The highest BCUT2D eigenvalue weighted by Gasteiger charge is 2.28. The van der Waals surface area contributed by atoms with Gasteiger partial charge in [-0.15, -0.1) is 0 Å². The number of hydrogen-bond donors (Lipinski definition) is 1. The van der Waals surface area contributed by atoms with Gasteiger partial charge in [-0.2, -0.15) is 0 Å². The number of fused-ring (bicyclic) bond motifs is 1. The first-order valence-electron chi connectivity index (χ1n) is 10.3. The van der Waals surface area contributed by atoms with Crippen LogP contribution in [0.5, 0.6) is 5.75 Å². The number of piperidine rings is 1. The van der Waals surface area contributed by atoms with Crippen LogP contribution in [0.15, 0.2) is 24.4 Å². The molecule has 0 aliphatic carbocycles. The Balaban J connectivity index is 1.66. The van der Waals surface area contributed by atoms with E-state index in [2.05, 4.69) is 4.98 Å².